The van der Waals surface area contributed by atoms with E-state index >= 15 is 0 Å². The Kier molecular flexibility index (Phi) is 8.18. The Morgan fingerprint density at radius 1 is 0.974 bits per heavy atom. The quantitative estimate of drug-likeness (QED) is 0.318. The van der Waals surface area contributed by atoms with Crippen molar-refractivity contribution in [3.05, 3.63) is 101 Å². The highest BCUT2D eigenvalue weighted by Crippen LogP contribution is 2.28. The van der Waals surface area contributed by atoms with Crippen molar-refractivity contribution in [3.63, 3.8) is 0 Å². The van der Waals surface area contributed by atoms with Crippen molar-refractivity contribution >= 4 is 15.7 Å². The van der Waals surface area contributed by atoms with E-state index in [2.05, 4.69) is 20.2 Å². The number of piperidine rings is 1. The third-order valence-electron chi connectivity index (χ3n) is 6.93. The molecule has 2 aromatic carbocycles. The van der Waals surface area contributed by atoms with Crippen molar-refractivity contribution in [2.45, 2.75) is 49.9 Å². The highest BCUT2D eigenvalue weighted by molar-refractivity contribution is 7.90. The molecule has 1 aliphatic heterocycles. The number of carbonyl (C=O) groups excluding carboxylic acids is 1. The smallest absolute Gasteiger partial charge is 0.252 e. The van der Waals surface area contributed by atoms with Crippen LogP contribution in [0.3, 0.4) is 0 Å². The third kappa shape index (κ3) is 6.61. The molecule has 1 N–H and O–H groups in total. The Labute approximate surface area is 229 Å². The first-order chi connectivity index (χ1) is 18.9. The van der Waals surface area contributed by atoms with E-state index in [1.807, 2.05) is 24.3 Å². The van der Waals surface area contributed by atoms with Gasteiger partial charge in [0.05, 0.1) is 16.2 Å². The monoisotopic (exact) mass is 544 g/mol. The molecule has 0 aliphatic carbocycles. The lowest BCUT2D eigenvalue weighted by molar-refractivity contribution is 0.0951. The van der Waals surface area contributed by atoms with Crippen LogP contribution >= 0.6 is 0 Å². The molecule has 39 heavy (non-hydrogen) atoms. The number of benzene rings is 2. The maximum atomic E-state index is 13.2. The maximum Gasteiger partial charge on any atom is 0.252 e. The van der Waals surface area contributed by atoms with Crippen molar-refractivity contribution < 1.29 is 17.6 Å². The first kappa shape index (κ1) is 26.8. The molecule has 9 heteroatoms. The molecular formula is C30H32N4O4S. The van der Waals surface area contributed by atoms with Gasteiger partial charge in [-0.05, 0) is 74.3 Å². The molecule has 1 amide bonds. The Balaban J connectivity index is 1.30. The van der Waals surface area contributed by atoms with Gasteiger partial charge in [-0.2, -0.15) is 0 Å². The Morgan fingerprint density at radius 2 is 1.74 bits per heavy atom. The van der Waals surface area contributed by atoms with Gasteiger partial charge < -0.3 is 9.73 Å². The molecule has 8 nitrogen and oxygen atoms in total. The molecule has 5 rings (SSSR count). The van der Waals surface area contributed by atoms with Gasteiger partial charge in [0.15, 0.2) is 9.84 Å². The van der Waals surface area contributed by atoms with Crippen LogP contribution in [0.25, 0.3) is 11.5 Å². The number of carbonyl (C=O) groups is 1. The largest absolute Gasteiger partial charge is 0.441 e. The van der Waals surface area contributed by atoms with Crippen molar-refractivity contribution in [3.8, 4) is 11.5 Å². The van der Waals surface area contributed by atoms with E-state index in [9.17, 15) is 13.2 Å². The van der Waals surface area contributed by atoms with Gasteiger partial charge in [-0.25, -0.2) is 13.4 Å². The minimum atomic E-state index is -3.64. The van der Waals surface area contributed by atoms with Gasteiger partial charge >= 0.3 is 0 Å². The highest BCUT2D eigenvalue weighted by Gasteiger charge is 2.23. The van der Waals surface area contributed by atoms with Crippen molar-refractivity contribution in [2.75, 3.05) is 13.1 Å². The molecule has 2 aromatic heterocycles. The molecule has 0 radical (unpaired) electrons. The van der Waals surface area contributed by atoms with E-state index in [0.29, 0.717) is 29.1 Å². The summed E-state index contributed by atoms with van der Waals surface area (Å²) in [6.45, 7) is 5.02. The van der Waals surface area contributed by atoms with Gasteiger partial charge in [0.25, 0.3) is 5.91 Å². The number of aryl methyl sites for hydroxylation is 1. The van der Waals surface area contributed by atoms with E-state index < -0.39 is 9.84 Å². The minimum absolute atomic E-state index is 0.210. The van der Waals surface area contributed by atoms with Crippen molar-refractivity contribution in [1.82, 2.24) is 20.2 Å². The van der Waals surface area contributed by atoms with Gasteiger partial charge in [0.2, 0.25) is 5.89 Å². The second kappa shape index (κ2) is 11.9. The molecule has 0 unspecified atom stereocenters. The number of amides is 1. The fourth-order valence-corrected chi connectivity index (χ4v) is 6.11. The summed E-state index contributed by atoms with van der Waals surface area (Å²) in [6, 6.07) is 17.8. The van der Waals surface area contributed by atoms with Crippen LogP contribution in [0, 0.1) is 6.92 Å². The number of aromatic nitrogens is 2. The van der Waals surface area contributed by atoms with E-state index in [0.717, 1.165) is 30.8 Å². The number of rotatable bonds is 9. The molecule has 1 saturated heterocycles. The lowest BCUT2D eigenvalue weighted by atomic mass is 10.1. The van der Waals surface area contributed by atoms with E-state index in [1.165, 1.54) is 19.3 Å². The van der Waals surface area contributed by atoms with Crippen LogP contribution in [0.5, 0.6) is 0 Å². The zero-order valence-electron chi connectivity index (χ0n) is 22.0. The predicted molar refractivity (Wildman–Crippen MR) is 149 cm³/mol. The first-order valence-electron chi connectivity index (χ1n) is 13.2. The van der Waals surface area contributed by atoms with Crippen LogP contribution in [0.1, 0.15) is 52.2 Å². The standard InChI is InChI=1S/C30H32N4O4S/c1-22-28(21-39(36,37)25-13-11-23(12-14-25)20-34-16-5-2-6-17-34)33-30(38-22)27-10-4-3-9-26(27)29(35)32-19-24-8-7-15-31-18-24/h3-4,7-15,18H,2,5-6,16-17,19-21H2,1H3,(H,32,35). The van der Waals surface area contributed by atoms with Crippen molar-refractivity contribution in [1.29, 1.82) is 0 Å². The van der Waals surface area contributed by atoms with Gasteiger partial charge in [-0.1, -0.05) is 36.8 Å². The van der Waals surface area contributed by atoms with Crippen LogP contribution in [0.2, 0.25) is 0 Å². The number of pyridine rings is 1. The Bertz CT molecular complexity index is 1530. The maximum absolute atomic E-state index is 13.2. The van der Waals surface area contributed by atoms with Crippen LogP contribution in [0.15, 0.2) is 82.4 Å². The van der Waals surface area contributed by atoms with Gasteiger partial charge in [0, 0.05) is 31.0 Å². The zero-order chi connectivity index (χ0) is 27.2. The number of hydrogen-bond donors (Lipinski definition) is 1. The summed E-state index contributed by atoms with van der Waals surface area (Å²) >= 11 is 0. The minimum Gasteiger partial charge on any atom is -0.441 e. The lowest BCUT2D eigenvalue weighted by Gasteiger charge is -2.26. The average Bonchev–Trinajstić information content (AvgIpc) is 3.32. The highest BCUT2D eigenvalue weighted by atomic mass is 32.2. The molecule has 202 valence electrons. The molecule has 0 spiro atoms. The summed E-state index contributed by atoms with van der Waals surface area (Å²) in [7, 11) is -3.64. The Morgan fingerprint density at radius 3 is 2.49 bits per heavy atom. The number of oxazole rings is 1. The number of nitrogens with one attached hydrogen (secondary N) is 1. The number of hydrogen-bond acceptors (Lipinski definition) is 7. The van der Waals surface area contributed by atoms with E-state index in [-0.39, 0.29) is 22.4 Å². The van der Waals surface area contributed by atoms with Crippen LogP contribution in [0.4, 0.5) is 0 Å². The summed E-state index contributed by atoms with van der Waals surface area (Å²) in [5.41, 5.74) is 3.20. The fourth-order valence-electron chi connectivity index (χ4n) is 4.77. The molecule has 1 aliphatic rings. The van der Waals surface area contributed by atoms with Gasteiger partial charge in [-0.3, -0.25) is 14.7 Å². The molecule has 0 atom stereocenters. The summed E-state index contributed by atoms with van der Waals surface area (Å²) < 4.78 is 32.3. The van der Waals surface area contributed by atoms with Gasteiger partial charge in [-0.15, -0.1) is 0 Å². The van der Waals surface area contributed by atoms with Crippen molar-refractivity contribution in [2.24, 2.45) is 0 Å². The molecule has 0 saturated carbocycles. The second-order valence-corrected chi connectivity index (χ2v) is 11.8. The SMILES string of the molecule is Cc1oc(-c2ccccc2C(=O)NCc2cccnc2)nc1CS(=O)(=O)c1ccc(CN2CCCCC2)cc1. The van der Waals surface area contributed by atoms with E-state index in [1.54, 1.807) is 55.7 Å². The molecule has 1 fully saturated rings. The molecular weight excluding hydrogens is 512 g/mol. The Hall–Kier alpha value is -3.82. The summed E-state index contributed by atoms with van der Waals surface area (Å²) in [6.07, 6.45) is 7.08. The van der Waals surface area contributed by atoms with Crippen LogP contribution < -0.4 is 5.32 Å². The summed E-state index contributed by atoms with van der Waals surface area (Å²) in [5.74, 6) is 0.0371. The summed E-state index contributed by atoms with van der Waals surface area (Å²) in [4.78, 5) is 24.2. The first-order valence-corrected chi connectivity index (χ1v) is 14.8. The number of sulfone groups is 1. The zero-order valence-corrected chi connectivity index (χ0v) is 22.8. The average molecular weight is 545 g/mol. The number of nitrogens with zero attached hydrogens (tertiary/aromatic N) is 3. The second-order valence-electron chi connectivity index (χ2n) is 9.85. The normalized spacial score (nSPS) is 14.3. The fraction of sp³-hybridized carbons (Fsp3) is 0.300. The molecule has 0 bridgehead atoms. The van der Waals surface area contributed by atoms with Crippen LogP contribution in [-0.4, -0.2) is 42.3 Å². The third-order valence-corrected chi connectivity index (χ3v) is 8.58. The van der Waals surface area contributed by atoms with Crippen LogP contribution in [-0.2, 0) is 28.7 Å². The topological polar surface area (TPSA) is 105 Å². The predicted octanol–water partition coefficient (Wildman–Crippen LogP) is 4.93. The molecule has 3 heterocycles. The molecule has 4 aromatic rings. The lowest BCUT2D eigenvalue weighted by Crippen LogP contribution is -2.29. The van der Waals surface area contributed by atoms with E-state index in [4.69, 9.17) is 4.42 Å². The van der Waals surface area contributed by atoms with Gasteiger partial charge in [0.1, 0.15) is 11.5 Å². The number of likely N-dealkylation sites (tertiary alicyclic amines) is 1. The summed E-state index contributed by atoms with van der Waals surface area (Å²) in [5, 5.41) is 2.89.